The second kappa shape index (κ2) is 7.05. The maximum atomic E-state index is 11.5. The number of ether oxygens (including phenoxy) is 2. The van der Waals surface area contributed by atoms with E-state index in [1.54, 1.807) is 25.6 Å². The minimum absolute atomic E-state index is 0.144. The van der Waals surface area contributed by atoms with E-state index in [2.05, 4.69) is 16.9 Å². The molecule has 0 aromatic carbocycles. The molecule has 1 atom stereocenters. The van der Waals surface area contributed by atoms with Crippen LogP contribution in [0.15, 0.2) is 18.5 Å². The summed E-state index contributed by atoms with van der Waals surface area (Å²) in [5.41, 5.74) is 1.01. The van der Waals surface area contributed by atoms with Crippen molar-refractivity contribution in [2.24, 2.45) is 0 Å². The van der Waals surface area contributed by atoms with Crippen molar-refractivity contribution in [2.75, 3.05) is 20.0 Å². The highest BCUT2D eigenvalue weighted by Gasteiger charge is 2.38. The third kappa shape index (κ3) is 3.88. The van der Waals surface area contributed by atoms with Crippen LogP contribution in [0.3, 0.4) is 0 Å². The molecule has 0 aliphatic heterocycles. The molecule has 0 spiro atoms. The highest BCUT2D eigenvalue weighted by Crippen LogP contribution is 2.35. The first kappa shape index (κ1) is 18.4. The molecule has 0 saturated heterocycles. The average molecular weight is 385 g/mol. The van der Waals surface area contributed by atoms with Crippen LogP contribution in [-0.2, 0) is 14.6 Å². The Hall–Kier alpha value is -1.44. The number of halogens is 1. The van der Waals surface area contributed by atoms with E-state index in [4.69, 9.17) is 21.1 Å². The van der Waals surface area contributed by atoms with Gasteiger partial charge in [0.2, 0.25) is 5.88 Å². The fourth-order valence-corrected chi connectivity index (χ4v) is 4.34. The fraction of sp³-hybridized carbons (Fsp3) is 0.529. The van der Waals surface area contributed by atoms with Crippen molar-refractivity contribution in [3.8, 4) is 5.88 Å². The molecule has 2 aromatic heterocycles. The lowest BCUT2D eigenvalue weighted by Gasteiger charge is -2.33. The van der Waals surface area contributed by atoms with Crippen LogP contribution < -0.4 is 4.74 Å². The van der Waals surface area contributed by atoms with Gasteiger partial charge in [0.25, 0.3) is 0 Å². The molecule has 1 saturated carbocycles. The fourth-order valence-electron chi connectivity index (χ4n) is 3.05. The summed E-state index contributed by atoms with van der Waals surface area (Å²) in [5, 5.41) is 1.77. The molecule has 0 unspecified atom stereocenters. The minimum Gasteiger partial charge on any atom is -0.474 e. The number of aromatic nitrogens is 2. The number of pyridine rings is 2. The van der Waals surface area contributed by atoms with Gasteiger partial charge in [-0.3, -0.25) is 0 Å². The lowest BCUT2D eigenvalue weighted by atomic mass is 9.95. The van der Waals surface area contributed by atoms with E-state index in [-0.39, 0.29) is 17.3 Å². The van der Waals surface area contributed by atoms with Gasteiger partial charge in [-0.25, -0.2) is 18.4 Å². The standard InChI is InChI=1S/C17H21ClN2O4S/c1-10(9-23-2)14-7-20-17(15-8-19-16(18)6-13(14)15)24-11-4-12(5-11)25(3,21)22/h6-8,10-12H,4-5,9H2,1-3H3/t10-,11-,12+/m0/s1. The molecule has 0 radical (unpaired) electrons. The third-order valence-electron chi connectivity index (χ3n) is 4.62. The van der Waals surface area contributed by atoms with Crippen molar-refractivity contribution < 1.29 is 17.9 Å². The predicted octanol–water partition coefficient (Wildman–Crippen LogP) is 2.99. The van der Waals surface area contributed by atoms with Gasteiger partial charge in [0.15, 0.2) is 9.84 Å². The normalized spacial score (nSPS) is 21.8. The summed E-state index contributed by atoms with van der Waals surface area (Å²) >= 11 is 6.07. The molecule has 1 aliphatic rings. The number of fused-ring (bicyclic) bond motifs is 1. The molecule has 3 rings (SSSR count). The lowest BCUT2D eigenvalue weighted by Crippen LogP contribution is -2.42. The summed E-state index contributed by atoms with van der Waals surface area (Å²) in [6.45, 7) is 2.62. The lowest BCUT2D eigenvalue weighted by molar-refractivity contribution is 0.119. The molecule has 6 nitrogen and oxygen atoms in total. The van der Waals surface area contributed by atoms with E-state index in [0.717, 1.165) is 16.3 Å². The number of rotatable bonds is 6. The number of sulfone groups is 1. The number of nitrogens with zero attached hydrogens (tertiary/aromatic N) is 2. The van der Waals surface area contributed by atoms with Gasteiger partial charge in [0, 0.05) is 44.5 Å². The van der Waals surface area contributed by atoms with Crippen molar-refractivity contribution in [1.29, 1.82) is 0 Å². The smallest absolute Gasteiger partial charge is 0.223 e. The van der Waals surface area contributed by atoms with Gasteiger partial charge in [-0.15, -0.1) is 0 Å². The average Bonchev–Trinajstić information content (AvgIpc) is 2.48. The van der Waals surface area contributed by atoms with Crippen LogP contribution in [-0.4, -0.2) is 49.7 Å². The molecule has 136 valence electrons. The molecular formula is C17H21ClN2O4S. The molecule has 0 bridgehead atoms. The summed E-state index contributed by atoms with van der Waals surface area (Å²) < 4.78 is 34.2. The van der Waals surface area contributed by atoms with Gasteiger partial charge in [0.05, 0.1) is 17.2 Å². The summed E-state index contributed by atoms with van der Waals surface area (Å²) in [4.78, 5) is 8.58. The van der Waals surface area contributed by atoms with E-state index in [1.165, 1.54) is 6.26 Å². The molecule has 1 fully saturated rings. The van der Waals surface area contributed by atoms with Crippen LogP contribution in [0.4, 0.5) is 0 Å². The molecule has 1 aliphatic carbocycles. The maximum absolute atomic E-state index is 11.5. The van der Waals surface area contributed by atoms with E-state index in [9.17, 15) is 8.42 Å². The minimum atomic E-state index is -3.01. The second-order valence-corrected chi connectivity index (χ2v) is 9.30. The molecule has 25 heavy (non-hydrogen) atoms. The van der Waals surface area contributed by atoms with Crippen molar-refractivity contribution in [3.05, 3.63) is 29.2 Å². The van der Waals surface area contributed by atoms with Gasteiger partial charge in [-0.1, -0.05) is 18.5 Å². The van der Waals surface area contributed by atoms with Gasteiger partial charge < -0.3 is 9.47 Å². The van der Waals surface area contributed by atoms with Crippen LogP contribution in [0, 0.1) is 0 Å². The van der Waals surface area contributed by atoms with Crippen molar-refractivity contribution in [3.63, 3.8) is 0 Å². The SMILES string of the molecule is COC[C@H](C)c1cnc(O[C@H]2C[C@@H](S(C)(=O)=O)C2)c2cnc(Cl)cc12. The molecule has 0 N–H and O–H groups in total. The zero-order chi connectivity index (χ0) is 18.2. The zero-order valence-electron chi connectivity index (χ0n) is 14.4. The molecular weight excluding hydrogens is 364 g/mol. The first-order chi connectivity index (χ1) is 11.8. The van der Waals surface area contributed by atoms with Crippen molar-refractivity contribution >= 4 is 32.2 Å². The quantitative estimate of drug-likeness (QED) is 0.712. The van der Waals surface area contributed by atoms with E-state index in [0.29, 0.717) is 30.5 Å². The van der Waals surface area contributed by atoms with Gasteiger partial charge in [-0.05, 0) is 17.0 Å². The van der Waals surface area contributed by atoms with Gasteiger partial charge >= 0.3 is 0 Å². The predicted molar refractivity (Wildman–Crippen MR) is 97.1 cm³/mol. The molecule has 8 heteroatoms. The zero-order valence-corrected chi connectivity index (χ0v) is 16.0. The van der Waals surface area contributed by atoms with Crippen molar-refractivity contribution in [1.82, 2.24) is 9.97 Å². The Morgan fingerprint density at radius 1 is 1.28 bits per heavy atom. The Morgan fingerprint density at radius 2 is 2.00 bits per heavy atom. The van der Waals surface area contributed by atoms with Crippen molar-refractivity contribution in [2.45, 2.75) is 37.0 Å². The Balaban J connectivity index is 1.89. The Labute approximate surface area is 152 Å². The highest BCUT2D eigenvalue weighted by atomic mass is 35.5. The third-order valence-corrected chi connectivity index (χ3v) is 6.42. The molecule has 2 heterocycles. The number of hydrogen-bond acceptors (Lipinski definition) is 6. The topological polar surface area (TPSA) is 78.4 Å². The summed E-state index contributed by atoms with van der Waals surface area (Å²) in [5.74, 6) is 0.607. The van der Waals surface area contributed by atoms with E-state index in [1.807, 2.05) is 0 Å². The van der Waals surface area contributed by atoms with Crippen LogP contribution >= 0.6 is 11.6 Å². The molecule has 2 aromatic rings. The number of methoxy groups -OCH3 is 1. The highest BCUT2D eigenvalue weighted by molar-refractivity contribution is 7.91. The first-order valence-electron chi connectivity index (χ1n) is 8.08. The summed E-state index contributed by atoms with van der Waals surface area (Å²) in [6, 6.07) is 1.80. The second-order valence-electron chi connectivity index (χ2n) is 6.59. The van der Waals surface area contributed by atoms with E-state index >= 15 is 0 Å². The Morgan fingerprint density at radius 3 is 2.64 bits per heavy atom. The van der Waals surface area contributed by atoms with Crippen LogP contribution in [0.5, 0.6) is 5.88 Å². The van der Waals surface area contributed by atoms with Crippen LogP contribution in [0.2, 0.25) is 5.15 Å². The van der Waals surface area contributed by atoms with Gasteiger partial charge in [0.1, 0.15) is 11.3 Å². The summed E-state index contributed by atoms with van der Waals surface area (Å²) in [7, 11) is -1.35. The Kier molecular flexibility index (Phi) is 5.18. The van der Waals surface area contributed by atoms with Gasteiger partial charge in [-0.2, -0.15) is 0 Å². The van der Waals surface area contributed by atoms with E-state index < -0.39 is 9.84 Å². The van der Waals surface area contributed by atoms with Crippen LogP contribution in [0.25, 0.3) is 10.8 Å². The summed E-state index contributed by atoms with van der Waals surface area (Å²) in [6.07, 6.45) is 5.52. The molecule has 0 amide bonds. The van der Waals surface area contributed by atoms with Crippen LogP contribution in [0.1, 0.15) is 31.2 Å². The first-order valence-corrected chi connectivity index (χ1v) is 10.4. The Bertz CT molecular complexity index is 882. The number of hydrogen-bond donors (Lipinski definition) is 0. The largest absolute Gasteiger partial charge is 0.474 e. The monoisotopic (exact) mass is 384 g/mol. The maximum Gasteiger partial charge on any atom is 0.223 e.